The van der Waals surface area contributed by atoms with E-state index in [2.05, 4.69) is 14.8 Å². The molecule has 1 fully saturated rings. The first-order valence-electron chi connectivity index (χ1n) is 10.6. The molecule has 0 aromatic heterocycles. The van der Waals surface area contributed by atoms with Gasteiger partial charge in [0.2, 0.25) is 0 Å². The maximum absolute atomic E-state index is 12.1. The fourth-order valence-electron chi connectivity index (χ4n) is 3.45. The van der Waals surface area contributed by atoms with Crippen molar-refractivity contribution >= 4 is 12.1 Å². The topological polar surface area (TPSA) is 89.5 Å². The number of benzene rings is 1. The predicted molar refractivity (Wildman–Crippen MR) is 108 cm³/mol. The Morgan fingerprint density at radius 3 is 1.73 bits per heavy atom. The molecule has 8 heteroatoms. The fourth-order valence-corrected chi connectivity index (χ4v) is 3.45. The molecule has 1 aliphatic rings. The number of rotatable bonds is 6. The summed E-state index contributed by atoms with van der Waals surface area (Å²) in [6, 6.07) is 4.49. The SMILES string of the molecule is COc1cc(OC)cc(C(=O)OOOC(=O)OC2CCCCCCCCCCC2)c1. The molecule has 0 bridgehead atoms. The minimum absolute atomic E-state index is 0.113. The molecule has 2 rings (SSSR count). The van der Waals surface area contributed by atoms with Crippen molar-refractivity contribution in [2.45, 2.75) is 76.7 Å². The van der Waals surface area contributed by atoms with Gasteiger partial charge in [-0.2, -0.15) is 0 Å². The van der Waals surface area contributed by atoms with Gasteiger partial charge in [-0.1, -0.05) is 44.9 Å². The minimum Gasteiger partial charge on any atom is -0.497 e. The van der Waals surface area contributed by atoms with E-state index in [-0.39, 0.29) is 11.7 Å². The summed E-state index contributed by atoms with van der Waals surface area (Å²) in [5, 5.41) is 4.33. The normalized spacial score (nSPS) is 16.5. The Bertz CT molecular complexity index is 626. The number of ether oxygens (including phenoxy) is 3. The second-order valence-electron chi connectivity index (χ2n) is 7.37. The van der Waals surface area contributed by atoms with Crippen LogP contribution < -0.4 is 9.47 Å². The van der Waals surface area contributed by atoms with Crippen LogP contribution in [0.2, 0.25) is 0 Å². The van der Waals surface area contributed by atoms with Crippen molar-refractivity contribution in [3.8, 4) is 11.5 Å². The molecule has 0 amide bonds. The van der Waals surface area contributed by atoms with E-state index in [1.165, 1.54) is 58.5 Å². The molecule has 0 heterocycles. The number of hydrogen-bond donors (Lipinski definition) is 0. The van der Waals surface area contributed by atoms with Gasteiger partial charge in [0.05, 0.1) is 24.8 Å². The number of methoxy groups -OCH3 is 2. The minimum atomic E-state index is -1.02. The summed E-state index contributed by atoms with van der Waals surface area (Å²) in [5.41, 5.74) is 0.113. The van der Waals surface area contributed by atoms with Crippen molar-refractivity contribution < 1.29 is 38.6 Å². The standard InChI is InChI=1S/C22H32O8/c1-25-19-14-17(15-20(16-19)26-2)21(23)28-30-29-22(24)27-18-12-10-8-6-4-3-5-7-9-11-13-18/h14-16,18H,3-13H2,1-2H3. The van der Waals surface area contributed by atoms with Gasteiger partial charge in [-0.25, -0.2) is 14.5 Å². The van der Waals surface area contributed by atoms with Crippen molar-refractivity contribution in [2.24, 2.45) is 0 Å². The van der Waals surface area contributed by atoms with Gasteiger partial charge in [-0.15, -0.1) is 0 Å². The largest absolute Gasteiger partial charge is 0.543 e. The Morgan fingerprint density at radius 1 is 0.733 bits per heavy atom. The summed E-state index contributed by atoms with van der Waals surface area (Å²) in [6.45, 7) is 0. The molecule has 0 atom stereocenters. The Balaban J connectivity index is 1.76. The molecule has 1 aromatic rings. The summed E-state index contributed by atoms with van der Waals surface area (Å²) in [4.78, 5) is 33.0. The Labute approximate surface area is 177 Å². The van der Waals surface area contributed by atoms with E-state index in [9.17, 15) is 9.59 Å². The van der Waals surface area contributed by atoms with Gasteiger partial charge >= 0.3 is 12.1 Å². The van der Waals surface area contributed by atoms with Crippen LogP contribution in [0.25, 0.3) is 0 Å². The van der Waals surface area contributed by atoms with Crippen LogP contribution in [0, 0.1) is 0 Å². The van der Waals surface area contributed by atoms with Gasteiger partial charge in [0, 0.05) is 6.07 Å². The zero-order chi connectivity index (χ0) is 21.6. The third kappa shape index (κ3) is 8.90. The van der Waals surface area contributed by atoms with Crippen LogP contribution in [0.3, 0.4) is 0 Å². The third-order valence-corrected chi connectivity index (χ3v) is 5.11. The summed E-state index contributed by atoms with van der Waals surface area (Å²) in [6.07, 6.45) is 10.9. The first kappa shape index (κ1) is 23.8. The zero-order valence-corrected chi connectivity index (χ0v) is 17.9. The summed E-state index contributed by atoms with van der Waals surface area (Å²) < 4.78 is 15.5. The summed E-state index contributed by atoms with van der Waals surface area (Å²) in [7, 11) is 2.92. The molecule has 0 radical (unpaired) electrons. The molecule has 1 saturated carbocycles. The van der Waals surface area contributed by atoms with Crippen molar-refractivity contribution in [1.29, 1.82) is 0 Å². The van der Waals surface area contributed by atoms with Crippen LogP contribution in [0.15, 0.2) is 18.2 Å². The summed E-state index contributed by atoms with van der Waals surface area (Å²) in [5.74, 6) is -0.0562. The highest BCUT2D eigenvalue weighted by atomic mass is 17.5. The van der Waals surface area contributed by atoms with E-state index in [4.69, 9.17) is 14.2 Å². The van der Waals surface area contributed by atoms with Crippen LogP contribution in [-0.4, -0.2) is 32.4 Å². The molecule has 0 aliphatic heterocycles. The molecule has 1 aromatic carbocycles. The van der Waals surface area contributed by atoms with E-state index in [1.54, 1.807) is 6.07 Å². The maximum atomic E-state index is 12.1. The molecule has 0 N–H and O–H groups in total. The Morgan fingerprint density at radius 2 is 1.23 bits per heavy atom. The van der Waals surface area contributed by atoms with Crippen LogP contribution in [0.1, 0.15) is 81.0 Å². The van der Waals surface area contributed by atoms with Gasteiger partial charge < -0.3 is 14.2 Å². The molecule has 30 heavy (non-hydrogen) atoms. The fraction of sp³-hybridized carbons (Fsp3) is 0.636. The van der Waals surface area contributed by atoms with Crippen LogP contribution in [0.4, 0.5) is 4.79 Å². The highest BCUT2D eigenvalue weighted by molar-refractivity contribution is 5.90. The van der Waals surface area contributed by atoms with E-state index >= 15 is 0 Å². The quantitative estimate of drug-likeness (QED) is 0.334. The first-order valence-corrected chi connectivity index (χ1v) is 10.6. The Hall–Kier alpha value is -2.48. The lowest BCUT2D eigenvalue weighted by atomic mass is 9.99. The van der Waals surface area contributed by atoms with Crippen LogP contribution in [0.5, 0.6) is 11.5 Å². The van der Waals surface area contributed by atoms with Gasteiger partial charge in [0.25, 0.3) is 0 Å². The van der Waals surface area contributed by atoms with Gasteiger partial charge in [-0.05, 0) is 37.8 Å². The lowest BCUT2D eigenvalue weighted by molar-refractivity contribution is -0.453. The third-order valence-electron chi connectivity index (χ3n) is 5.11. The number of carbonyl (C=O) groups is 2. The van der Waals surface area contributed by atoms with E-state index in [0.29, 0.717) is 11.5 Å². The second-order valence-corrected chi connectivity index (χ2v) is 7.37. The maximum Gasteiger partial charge on any atom is 0.543 e. The highest BCUT2D eigenvalue weighted by Crippen LogP contribution is 2.23. The molecule has 0 spiro atoms. The lowest BCUT2D eigenvalue weighted by Gasteiger charge is -2.17. The molecule has 0 saturated heterocycles. The summed E-state index contributed by atoms with van der Waals surface area (Å²) >= 11 is 0. The zero-order valence-electron chi connectivity index (χ0n) is 17.9. The van der Waals surface area contributed by atoms with E-state index in [0.717, 1.165) is 38.5 Å². The van der Waals surface area contributed by atoms with Gasteiger partial charge in [-0.3, -0.25) is 4.89 Å². The molecule has 1 aliphatic carbocycles. The molecule has 168 valence electrons. The number of hydrogen-bond acceptors (Lipinski definition) is 8. The van der Waals surface area contributed by atoms with Gasteiger partial charge in [0.15, 0.2) is 0 Å². The second kappa shape index (κ2) is 13.7. The smallest absolute Gasteiger partial charge is 0.497 e. The molecule has 8 nitrogen and oxygen atoms in total. The average molecular weight is 424 g/mol. The lowest BCUT2D eigenvalue weighted by Crippen LogP contribution is -2.20. The highest BCUT2D eigenvalue weighted by Gasteiger charge is 2.19. The predicted octanol–water partition coefficient (Wildman–Crippen LogP) is 5.53. The van der Waals surface area contributed by atoms with Crippen LogP contribution >= 0.6 is 0 Å². The van der Waals surface area contributed by atoms with E-state index in [1.807, 2.05) is 0 Å². The van der Waals surface area contributed by atoms with E-state index < -0.39 is 12.1 Å². The number of carbonyl (C=O) groups excluding carboxylic acids is 2. The van der Waals surface area contributed by atoms with Crippen molar-refractivity contribution in [2.75, 3.05) is 14.2 Å². The molecular formula is C22H32O8. The monoisotopic (exact) mass is 424 g/mol. The van der Waals surface area contributed by atoms with Gasteiger partial charge in [0.1, 0.15) is 17.6 Å². The average Bonchev–Trinajstić information content (AvgIpc) is 2.75. The first-order chi connectivity index (χ1) is 14.6. The molecule has 0 unspecified atom stereocenters. The van der Waals surface area contributed by atoms with Crippen molar-refractivity contribution in [1.82, 2.24) is 0 Å². The van der Waals surface area contributed by atoms with Crippen molar-refractivity contribution in [3.63, 3.8) is 0 Å². The molecular weight excluding hydrogens is 392 g/mol. The van der Waals surface area contributed by atoms with Crippen molar-refractivity contribution in [3.05, 3.63) is 23.8 Å². The Kier molecular flexibility index (Phi) is 10.9. The van der Waals surface area contributed by atoms with Crippen LogP contribution in [-0.2, 0) is 19.6 Å².